The molecule has 1 saturated heterocycles. The molecule has 1 heterocycles. The van der Waals surface area contributed by atoms with Gasteiger partial charge in [-0.2, -0.15) is 0 Å². The summed E-state index contributed by atoms with van der Waals surface area (Å²) in [6.07, 6.45) is 0.956. The van der Waals surface area contributed by atoms with Crippen LogP contribution < -0.4 is 5.73 Å². The maximum Gasteiger partial charge on any atom is 0.137 e. The van der Waals surface area contributed by atoms with E-state index >= 15 is 0 Å². The van der Waals surface area contributed by atoms with Gasteiger partial charge in [0, 0.05) is 13.0 Å². The van der Waals surface area contributed by atoms with Gasteiger partial charge in [-0.25, -0.2) is 4.39 Å². The summed E-state index contributed by atoms with van der Waals surface area (Å²) in [6.45, 7) is 1.21. The molecule has 0 spiro atoms. The van der Waals surface area contributed by atoms with Crippen molar-refractivity contribution < 1.29 is 9.13 Å². The lowest BCUT2D eigenvalue weighted by Gasteiger charge is -2.14. The van der Waals surface area contributed by atoms with E-state index in [0.29, 0.717) is 26.0 Å². The van der Waals surface area contributed by atoms with Gasteiger partial charge in [-0.05, 0) is 13.0 Å². The molecular formula is C6H12FNO. The Morgan fingerprint density at radius 1 is 1.67 bits per heavy atom. The summed E-state index contributed by atoms with van der Waals surface area (Å²) < 4.78 is 18.0. The molecule has 0 aromatic heterocycles. The molecule has 0 radical (unpaired) electrons. The molecular weight excluding hydrogens is 121 g/mol. The Morgan fingerprint density at radius 3 is 2.89 bits per heavy atom. The number of alkyl halides is 1. The van der Waals surface area contributed by atoms with E-state index in [0.717, 1.165) is 0 Å². The minimum Gasteiger partial charge on any atom is -0.378 e. The van der Waals surface area contributed by atoms with Crippen LogP contribution in [0, 0.1) is 0 Å². The fourth-order valence-electron chi connectivity index (χ4n) is 1.04. The molecule has 0 aliphatic carbocycles. The number of rotatable bonds is 2. The van der Waals surface area contributed by atoms with Crippen molar-refractivity contribution >= 4 is 0 Å². The second-order valence-electron chi connectivity index (χ2n) is 2.49. The van der Waals surface area contributed by atoms with E-state index in [1.54, 1.807) is 0 Å². The summed E-state index contributed by atoms with van der Waals surface area (Å²) in [4.78, 5) is 0. The Kier molecular flexibility index (Phi) is 2.03. The Labute approximate surface area is 54.2 Å². The van der Waals surface area contributed by atoms with Gasteiger partial charge in [0.15, 0.2) is 0 Å². The second kappa shape index (κ2) is 2.62. The van der Waals surface area contributed by atoms with Crippen LogP contribution in [0.5, 0.6) is 0 Å². The van der Waals surface area contributed by atoms with Crippen LogP contribution >= 0.6 is 0 Å². The predicted octanol–water partition coefficient (Wildman–Crippen LogP) is 0.464. The molecule has 9 heavy (non-hydrogen) atoms. The first-order valence-corrected chi connectivity index (χ1v) is 3.24. The van der Waals surface area contributed by atoms with E-state index in [9.17, 15) is 4.39 Å². The monoisotopic (exact) mass is 133 g/mol. The van der Waals surface area contributed by atoms with Gasteiger partial charge < -0.3 is 10.5 Å². The van der Waals surface area contributed by atoms with Gasteiger partial charge >= 0.3 is 0 Å². The number of hydrogen-bond acceptors (Lipinski definition) is 2. The van der Waals surface area contributed by atoms with Crippen LogP contribution in [0.25, 0.3) is 0 Å². The van der Waals surface area contributed by atoms with Crippen molar-refractivity contribution in [3.05, 3.63) is 0 Å². The molecule has 54 valence electrons. The maximum absolute atomic E-state index is 13.1. The van der Waals surface area contributed by atoms with Gasteiger partial charge in [0.2, 0.25) is 0 Å². The average Bonchev–Trinajstić information content (AvgIpc) is 2.16. The van der Waals surface area contributed by atoms with E-state index < -0.39 is 5.67 Å². The molecule has 1 unspecified atom stereocenters. The Balaban J connectivity index is 2.32. The first-order chi connectivity index (χ1) is 4.27. The Bertz CT molecular complexity index is 91.1. The number of nitrogens with two attached hydrogens (primary N) is 1. The molecule has 1 rings (SSSR count). The largest absolute Gasteiger partial charge is 0.378 e. The van der Waals surface area contributed by atoms with Crippen LogP contribution in [0.15, 0.2) is 0 Å². The van der Waals surface area contributed by atoms with Crippen molar-refractivity contribution in [2.75, 3.05) is 19.8 Å². The fourth-order valence-corrected chi connectivity index (χ4v) is 1.04. The maximum atomic E-state index is 13.1. The minimum atomic E-state index is -1.10. The van der Waals surface area contributed by atoms with Crippen molar-refractivity contribution in [1.29, 1.82) is 0 Å². The van der Waals surface area contributed by atoms with Crippen LogP contribution in [0.4, 0.5) is 4.39 Å². The van der Waals surface area contributed by atoms with Gasteiger partial charge in [0.25, 0.3) is 0 Å². The molecule has 0 amide bonds. The summed E-state index contributed by atoms with van der Waals surface area (Å²) in [6, 6.07) is 0. The third-order valence-electron chi connectivity index (χ3n) is 1.65. The highest BCUT2D eigenvalue weighted by Crippen LogP contribution is 2.25. The average molecular weight is 133 g/mol. The first kappa shape index (κ1) is 6.96. The van der Waals surface area contributed by atoms with Crippen LogP contribution in [-0.4, -0.2) is 25.4 Å². The van der Waals surface area contributed by atoms with E-state index in [-0.39, 0.29) is 6.61 Å². The first-order valence-electron chi connectivity index (χ1n) is 3.24. The lowest BCUT2D eigenvalue weighted by Crippen LogP contribution is -2.26. The Morgan fingerprint density at radius 2 is 2.44 bits per heavy atom. The summed E-state index contributed by atoms with van der Waals surface area (Å²) in [5.41, 5.74) is 4.10. The van der Waals surface area contributed by atoms with Gasteiger partial charge in [0.1, 0.15) is 5.67 Å². The van der Waals surface area contributed by atoms with Gasteiger partial charge in [0.05, 0.1) is 6.61 Å². The Hall–Kier alpha value is -0.150. The van der Waals surface area contributed by atoms with Gasteiger partial charge in [-0.1, -0.05) is 0 Å². The van der Waals surface area contributed by atoms with Crippen LogP contribution in [0.3, 0.4) is 0 Å². The van der Waals surface area contributed by atoms with Crippen molar-refractivity contribution in [1.82, 2.24) is 0 Å². The molecule has 0 aromatic carbocycles. The molecule has 0 aromatic rings. The molecule has 2 nitrogen and oxygen atoms in total. The zero-order valence-electron chi connectivity index (χ0n) is 5.40. The molecule has 1 aliphatic rings. The van der Waals surface area contributed by atoms with Crippen molar-refractivity contribution in [3.63, 3.8) is 0 Å². The normalized spacial score (nSPS) is 35.3. The quantitative estimate of drug-likeness (QED) is 0.594. The number of hydrogen-bond donors (Lipinski definition) is 1. The molecule has 2 N–H and O–H groups in total. The third-order valence-corrected chi connectivity index (χ3v) is 1.65. The second-order valence-corrected chi connectivity index (χ2v) is 2.49. The van der Waals surface area contributed by atoms with Gasteiger partial charge in [-0.15, -0.1) is 0 Å². The fraction of sp³-hybridized carbons (Fsp3) is 1.00. The summed E-state index contributed by atoms with van der Waals surface area (Å²) in [5.74, 6) is 0. The van der Waals surface area contributed by atoms with Gasteiger partial charge in [-0.3, -0.25) is 0 Å². The molecule has 3 heteroatoms. The molecule has 1 atom stereocenters. The van der Waals surface area contributed by atoms with Crippen LogP contribution in [-0.2, 0) is 4.74 Å². The SMILES string of the molecule is NCCC1(F)CCOC1. The number of ether oxygens (including phenoxy) is 1. The summed E-state index contributed by atoms with van der Waals surface area (Å²) in [5, 5.41) is 0. The van der Waals surface area contributed by atoms with Crippen LogP contribution in [0.1, 0.15) is 12.8 Å². The predicted molar refractivity (Wildman–Crippen MR) is 32.9 cm³/mol. The molecule has 0 bridgehead atoms. The molecule has 1 fully saturated rings. The van der Waals surface area contributed by atoms with E-state index in [1.807, 2.05) is 0 Å². The highest BCUT2D eigenvalue weighted by atomic mass is 19.1. The van der Waals surface area contributed by atoms with Crippen LogP contribution in [0.2, 0.25) is 0 Å². The minimum absolute atomic E-state index is 0.240. The smallest absolute Gasteiger partial charge is 0.137 e. The highest BCUT2D eigenvalue weighted by molar-refractivity contribution is 4.82. The number of halogens is 1. The topological polar surface area (TPSA) is 35.2 Å². The van der Waals surface area contributed by atoms with E-state index in [1.165, 1.54) is 0 Å². The standard InChI is InChI=1S/C6H12FNO/c7-6(1-3-8)2-4-9-5-6/h1-5,8H2. The van der Waals surface area contributed by atoms with Crippen molar-refractivity contribution in [2.24, 2.45) is 5.73 Å². The van der Waals surface area contributed by atoms with E-state index in [4.69, 9.17) is 10.5 Å². The zero-order valence-corrected chi connectivity index (χ0v) is 5.40. The van der Waals surface area contributed by atoms with E-state index in [2.05, 4.69) is 0 Å². The lowest BCUT2D eigenvalue weighted by molar-refractivity contribution is 0.107. The van der Waals surface area contributed by atoms with Crippen molar-refractivity contribution in [2.45, 2.75) is 18.5 Å². The lowest BCUT2D eigenvalue weighted by atomic mass is 10.0. The highest BCUT2D eigenvalue weighted by Gasteiger charge is 2.33. The zero-order chi connectivity index (χ0) is 6.74. The summed E-state index contributed by atoms with van der Waals surface area (Å²) >= 11 is 0. The third kappa shape index (κ3) is 1.63. The molecule has 1 aliphatic heterocycles. The van der Waals surface area contributed by atoms with Crippen molar-refractivity contribution in [3.8, 4) is 0 Å². The molecule has 0 saturated carbocycles. The summed E-state index contributed by atoms with van der Waals surface area (Å²) in [7, 11) is 0.